The maximum absolute atomic E-state index is 13.5. The Morgan fingerprint density at radius 2 is 1.66 bits per heavy atom. The van der Waals surface area contributed by atoms with Crippen LogP contribution in [0.25, 0.3) is 0 Å². The van der Waals surface area contributed by atoms with E-state index in [0.717, 1.165) is 11.1 Å². The molecule has 3 aromatic rings. The summed E-state index contributed by atoms with van der Waals surface area (Å²) in [6.07, 6.45) is -0.891. The van der Waals surface area contributed by atoms with E-state index in [1.54, 1.807) is 36.4 Å². The lowest BCUT2D eigenvalue weighted by atomic mass is 9.91. The average Bonchev–Trinajstić information content (AvgIpc) is 3.33. The summed E-state index contributed by atoms with van der Waals surface area (Å²) in [4.78, 5) is 33.6. The Morgan fingerprint density at radius 3 is 2.37 bits per heavy atom. The third kappa shape index (κ3) is 4.38. The minimum absolute atomic E-state index is 0.306. The molecule has 2 fully saturated rings. The molecule has 0 radical (unpaired) electrons. The highest BCUT2D eigenvalue weighted by Gasteiger charge is 2.59. The van der Waals surface area contributed by atoms with Gasteiger partial charge in [-0.25, -0.2) is 4.90 Å². The van der Waals surface area contributed by atoms with Crippen LogP contribution in [-0.4, -0.2) is 36.6 Å². The summed E-state index contributed by atoms with van der Waals surface area (Å²) in [5, 5.41) is 2.11. The number of rotatable bonds is 7. The first-order chi connectivity index (χ1) is 17.0. The van der Waals surface area contributed by atoms with Crippen molar-refractivity contribution >= 4 is 29.1 Å². The van der Waals surface area contributed by atoms with Crippen LogP contribution in [0.15, 0.2) is 72.8 Å². The molecule has 35 heavy (non-hydrogen) atoms. The first-order valence-corrected chi connectivity index (χ1v) is 11.8. The lowest BCUT2D eigenvalue weighted by Gasteiger charge is -2.25. The molecule has 0 aliphatic carbocycles. The van der Waals surface area contributed by atoms with Gasteiger partial charge in [-0.2, -0.15) is 5.06 Å². The van der Waals surface area contributed by atoms with Gasteiger partial charge in [0.05, 0.1) is 24.3 Å². The fraction of sp³-hybridized carbons (Fsp3) is 0.259. The molecule has 3 atom stereocenters. The van der Waals surface area contributed by atoms with Gasteiger partial charge < -0.3 is 9.47 Å². The molecule has 2 heterocycles. The normalized spacial score (nSPS) is 21.9. The molecule has 2 aliphatic heterocycles. The fourth-order valence-electron chi connectivity index (χ4n) is 4.64. The van der Waals surface area contributed by atoms with Gasteiger partial charge in [-0.3, -0.25) is 14.4 Å². The highest BCUT2D eigenvalue weighted by atomic mass is 35.5. The molecule has 180 valence electrons. The van der Waals surface area contributed by atoms with E-state index in [9.17, 15) is 9.59 Å². The van der Waals surface area contributed by atoms with Crippen molar-refractivity contribution in [1.82, 2.24) is 5.06 Å². The fourth-order valence-corrected chi connectivity index (χ4v) is 4.77. The van der Waals surface area contributed by atoms with Gasteiger partial charge in [0.15, 0.2) is 17.6 Å². The van der Waals surface area contributed by atoms with E-state index in [2.05, 4.69) is 0 Å². The predicted octanol–water partition coefficient (Wildman–Crippen LogP) is 4.79. The number of hydrogen-bond acceptors (Lipinski definition) is 6. The zero-order chi connectivity index (χ0) is 24.5. The minimum atomic E-state index is -0.891. The van der Waals surface area contributed by atoms with Crippen LogP contribution >= 0.6 is 11.6 Å². The number of nitrogens with zero attached hydrogens (tertiary/aromatic N) is 2. The second-order valence-electron chi connectivity index (χ2n) is 8.44. The van der Waals surface area contributed by atoms with Gasteiger partial charge in [-0.15, -0.1) is 0 Å². The number of ether oxygens (including phenoxy) is 2. The number of halogens is 1. The lowest BCUT2D eigenvalue weighted by Crippen LogP contribution is -2.36. The lowest BCUT2D eigenvalue weighted by molar-refractivity contribution is -0.160. The van der Waals surface area contributed by atoms with Crippen molar-refractivity contribution in [1.29, 1.82) is 0 Å². The van der Waals surface area contributed by atoms with Crippen LogP contribution in [-0.2, 0) is 21.0 Å². The predicted molar refractivity (Wildman–Crippen MR) is 131 cm³/mol. The number of benzene rings is 3. The number of anilines is 1. The van der Waals surface area contributed by atoms with E-state index in [1.165, 1.54) is 4.90 Å². The van der Waals surface area contributed by atoms with Gasteiger partial charge in [-0.05, 0) is 54.4 Å². The molecule has 0 saturated carbocycles. The third-order valence-electron chi connectivity index (χ3n) is 6.24. The van der Waals surface area contributed by atoms with Crippen molar-refractivity contribution in [2.75, 3.05) is 18.6 Å². The minimum Gasteiger partial charge on any atom is -0.490 e. The number of carbonyl (C=O) groups excluding carboxylic acids is 2. The summed E-state index contributed by atoms with van der Waals surface area (Å²) in [6, 6.07) is 21.6. The maximum Gasteiger partial charge on any atom is 0.265 e. The number of imide groups is 1. The molecule has 0 spiro atoms. The summed E-state index contributed by atoms with van der Waals surface area (Å²) in [7, 11) is 1.73. The highest BCUT2D eigenvalue weighted by Crippen LogP contribution is 2.46. The molecule has 2 saturated heterocycles. The van der Waals surface area contributed by atoms with Crippen molar-refractivity contribution < 1.29 is 23.9 Å². The zero-order valence-electron chi connectivity index (χ0n) is 19.4. The second-order valence-corrected chi connectivity index (χ2v) is 8.88. The zero-order valence-corrected chi connectivity index (χ0v) is 20.1. The van der Waals surface area contributed by atoms with Crippen LogP contribution in [0.2, 0.25) is 5.02 Å². The molecule has 7 nitrogen and oxygen atoms in total. The van der Waals surface area contributed by atoms with E-state index in [1.807, 2.05) is 55.5 Å². The first kappa shape index (κ1) is 23.4. The molecule has 0 N–H and O–H groups in total. The van der Waals surface area contributed by atoms with Crippen LogP contribution in [0.1, 0.15) is 24.1 Å². The van der Waals surface area contributed by atoms with Gasteiger partial charge in [0.1, 0.15) is 6.61 Å². The Labute approximate surface area is 208 Å². The number of carbonyl (C=O) groups is 2. The quantitative estimate of drug-likeness (QED) is 0.442. The van der Waals surface area contributed by atoms with Gasteiger partial charge in [0.25, 0.3) is 5.91 Å². The van der Waals surface area contributed by atoms with Crippen molar-refractivity contribution in [2.45, 2.75) is 25.7 Å². The third-order valence-corrected chi connectivity index (χ3v) is 6.49. The SMILES string of the molecule is CCOc1cc([C@@H]2[C@@H]3C(=O)N(c4ccc(Cl)cc4)C(=O)[C@@H]3ON2C)ccc1OCc1ccccc1. The summed E-state index contributed by atoms with van der Waals surface area (Å²) < 4.78 is 11.9. The first-order valence-electron chi connectivity index (χ1n) is 11.4. The van der Waals surface area contributed by atoms with Gasteiger partial charge in [0, 0.05) is 12.1 Å². The Kier molecular flexibility index (Phi) is 6.47. The molecule has 0 aromatic heterocycles. The second kappa shape index (κ2) is 9.70. The Morgan fingerprint density at radius 1 is 0.914 bits per heavy atom. The molecule has 2 amide bonds. The summed E-state index contributed by atoms with van der Waals surface area (Å²) >= 11 is 5.98. The monoisotopic (exact) mass is 492 g/mol. The molecule has 2 aliphatic rings. The Bertz CT molecular complexity index is 1230. The van der Waals surface area contributed by atoms with E-state index < -0.39 is 18.1 Å². The molecule has 3 aromatic carbocycles. The van der Waals surface area contributed by atoms with Crippen molar-refractivity contribution in [2.24, 2.45) is 5.92 Å². The van der Waals surface area contributed by atoms with Gasteiger partial charge in [0.2, 0.25) is 5.91 Å². The number of hydrogen-bond donors (Lipinski definition) is 0. The summed E-state index contributed by atoms with van der Waals surface area (Å²) in [6.45, 7) is 2.76. The average molecular weight is 493 g/mol. The van der Waals surface area contributed by atoms with E-state index in [4.69, 9.17) is 25.9 Å². The highest BCUT2D eigenvalue weighted by molar-refractivity contribution is 6.31. The van der Waals surface area contributed by atoms with Gasteiger partial charge >= 0.3 is 0 Å². The van der Waals surface area contributed by atoms with Crippen LogP contribution in [0, 0.1) is 5.92 Å². The van der Waals surface area contributed by atoms with E-state index >= 15 is 0 Å². The van der Waals surface area contributed by atoms with Crippen molar-refractivity contribution in [3.63, 3.8) is 0 Å². The van der Waals surface area contributed by atoms with Gasteiger partial charge in [-0.1, -0.05) is 48.0 Å². The van der Waals surface area contributed by atoms with Crippen molar-refractivity contribution in [3.8, 4) is 11.5 Å². The topological polar surface area (TPSA) is 68.3 Å². The molecule has 5 rings (SSSR count). The Balaban J connectivity index is 1.42. The standard InChI is InChI=1S/C27H25ClN2O5/c1-3-33-22-15-18(9-14-21(22)34-16-17-7-5-4-6-8-17)24-23-25(35-29(24)2)27(32)30(26(23)31)20-12-10-19(28)11-13-20/h4-15,23-25H,3,16H2,1-2H3/t23-,24+,25+/m0/s1. The number of amides is 2. The molecule has 8 heteroatoms. The molecular weight excluding hydrogens is 468 g/mol. The van der Waals surface area contributed by atoms with Crippen LogP contribution < -0.4 is 14.4 Å². The summed E-state index contributed by atoms with van der Waals surface area (Å²) in [5.74, 6) is -0.199. The van der Waals surface area contributed by atoms with Crippen LogP contribution in [0.3, 0.4) is 0 Å². The largest absolute Gasteiger partial charge is 0.490 e. The molecule has 0 bridgehead atoms. The van der Waals surface area contributed by atoms with Crippen molar-refractivity contribution in [3.05, 3.63) is 88.9 Å². The molecular formula is C27H25ClN2O5. The summed E-state index contributed by atoms with van der Waals surface area (Å²) in [5.41, 5.74) is 2.32. The number of hydroxylamine groups is 2. The van der Waals surface area contributed by atoms with Crippen LogP contribution in [0.5, 0.6) is 11.5 Å². The van der Waals surface area contributed by atoms with E-state index in [0.29, 0.717) is 35.4 Å². The smallest absolute Gasteiger partial charge is 0.265 e. The molecule has 0 unspecified atom stereocenters. The number of fused-ring (bicyclic) bond motifs is 1. The van der Waals surface area contributed by atoms with E-state index in [-0.39, 0.29) is 11.8 Å². The maximum atomic E-state index is 13.5. The van der Waals surface area contributed by atoms with Crippen LogP contribution in [0.4, 0.5) is 5.69 Å². The Hall–Kier alpha value is -3.39.